The van der Waals surface area contributed by atoms with Crippen molar-refractivity contribution in [3.8, 4) is 5.75 Å². The summed E-state index contributed by atoms with van der Waals surface area (Å²) in [7, 11) is 3.27. The standard InChI is InChI=1S/C22H29N3O3/c1-23-21(26)19-11-15(14-7-4-3-5-8-14)13-25(19)22(27)18-12-16-17(24-18)9-6-10-20(16)28-2/h6,9-10,12,14-15,19,24H,3-5,7-8,11,13H2,1-2H3,(H,23,26)/t15-,19+/m1/s1. The zero-order chi connectivity index (χ0) is 19.7. The molecule has 2 N–H and O–H groups in total. The Morgan fingerprint density at radius 1 is 1.18 bits per heavy atom. The number of H-pyrrole nitrogens is 1. The van der Waals surface area contributed by atoms with Crippen LogP contribution < -0.4 is 10.1 Å². The Bertz CT molecular complexity index is 869. The average Bonchev–Trinajstić information content (AvgIpc) is 3.38. The number of nitrogens with one attached hydrogen (secondary N) is 2. The first-order valence-electron chi connectivity index (χ1n) is 10.3. The first kappa shape index (κ1) is 18.8. The van der Waals surface area contributed by atoms with E-state index >= 15 is 0 Å². The van der Waals surface area contributed by atoms with E-state index in [0.29, 0.717) is 24.1 Å². The van der Waals surface area contributed by atoms with Crippen molar-refractivity contribution in [1.82, 2.24) is 15.2 Å². The predicted octanol–water partition coefficient (Wildman–Crippen LogP) is 3.33. The SMILES string of the molecule is CNC(=O)[C@@H]1C[C@@H](C2CCCCC2)CN1C(=O)c1cc2c(OC)cccc2[nH]1. The smallest absolute Gasteiger partial charge is 0.270 e. The molecule has 1 aliphatic heterocycles. The van der Waals surface area contributed by atoms with Crippen LogP contribution in [-0.2, 0) is 4.79 Å². The molecule has 2 heterocycles. The lowest BCUT2D eigenvalue weighted by Gasteiger charge is -2.27. The third kappa shape index (κ3) is 3.36. The van der Waals surface area contributed by atoms with Crippen LogP contribution in [0.4, 0.5) is 0 Å². The number of ether oxygens (including phenoxy) is 1. The van der Waals surface area contributed by atoms with Crippen LogP contribution in [0.25, 0.3) is 10.9 Å². The second-order valence-corrected chi connectivity index (χ2v) is 8.09. The average molecular weight is 383 g/mol. The van der Waals surface area contributed by atoms with Crippen LogP contribution in [0.15, 0.2) is 24.3 Å². The highest BCUT2D eigenvalue weighted by Gasteiger charge is 2.42. The second kappa shape index (κ2) is 7.86. The third-order valence-corrected chi connectivity index (χ3v) is 6.53. The van der Waals surface area contributed by atoms with E-state index in [0.717, 1.165) is 23.1 Å². The Balaban J connectivity index is 1.61. The molecule has 2 fully saturated rings. The summed E-state index contributed by atoms with van der Waals surface area (Å²) in [5, 5.41) is 3.63. The molecule has 6 heteroatoms. The summed E-state index contributed by atoms with van der Waals surface area (Å²) in [5.74, 6) is 1.59. The van der Waals surface area contributed by atoms with Gasteiger partial charge in [0.25, 0.3) is 5.91 Å². The molecule has 150 valence electrons. The maximum absolute atomic E-state index is 13.3. The lowest BCUT2D eigenvalue weighted by Crippen LogP contribution is -2.45. The van der Waals surface area contributed by atoms with Gasteiger partial charge in [-0.3, -0.25) is 9.59 Å². The summed E-state index contributed by atoms with van der Waals surface area (Å²) < 4.78 is 5.41. The van der Waals surface area contributed by atoms with Gasteiger partial charge in [0.1, 0.15) is 17.5 Å². The fourth-order valence-electron chi connectivity index (χ4n) is 5.03. The number of amides is 2. The Hall–Kier alpha value is -2.50. The highest BCUT2D eigenvalue weighted by molar-refractivity contribution is 6.01. The number of benzene rings is 1. The highest BCUT2D eigenvalue weighted by atomic mass is 16.5. The van der Waals surface area contributed by atoms with E-state index < -0.39 is 6.04 Å². The number of aromatic nitrogens is 1. The summed E-state index contributed by atoms with van der Waals surface area (Å²) in [6.45, 7) is 0.661. The number of fused-ring (bicyclic) bond motifs is 1. The molecule has 1 aromatic carbocycles. The van der Waals surface area contributed by atoms with E-state index in [-0.39, 0.29) is 11.8 Å². The normalized spacial score (nSPS) is 23.1. The molecule has 2 aromatic rings. The van der Waals surface area contributed by atoms with Gasteiger partial charge in [-0.2, -0.15) is 0 Å². The molecular weight excluding hydrogens is 354 g/mol. The van der Waals surface area contributed by atoms with Crippen molar-refractivity contribution >= 4 is 22.7 Å². The second-order valence-electron chi connectivity index (χ2n) is 8.09. The number of methoxy groups -OCH3 is 1. The number of aromatic amines is 1. The van der Waals surface area contributed by atoms with Gasteiger partial charge in [-0.25, -0.2) is 0 Å². The quantitative estimate of drug-likeness (QED) is 0.850. The van der Waals surface area contributed by atoms with Crippen LogP contribution in [0, 0.1) is 11.8 Å². The van der Waals surface area contributed by atoms with E-state index in [9.17, 15) is 9.59 Å². The molecule has 1 saturated carbocycles. The van der Waals surface area contributed by atoms with Crippen LogP contribution in [0.3, 0.4) is 0 Å². The Morgan fingerprint density at radius 3 is 2.68 bits per heavy atom. The minimum atomic E-state index is -0.391. The molecule has 1 aliphatic carbocycles. The number of likely N-dealkylation sites (N-methyl/N-ethyl adjacent to an activating group) is 1. The van der Waals surface area contributed by atoms with Crippen molar-refractivity contribution in [1.29, 1.82) is 0 Å². The molecule has 0 radical (unpaired) electrons. The van der Waals surface area contributed by atoms with E-state index in [2.05, 4.69) is 10.3 Å². The number of carbonyl (C=O) groups is 2. The molecule has 0 unspecified atom stereocenters. The van der Waals surface area contributed by atoms with Gasteiger partial charge in [0.15, 0.2) is 0 Å². The maximum Gasteiger partial charge on any atom is 0.270 e. The van der Waals surface area contributed by atoms with Crippen LogP contribution in [0.1, 0.15) is 49.0 Å². The summed E-state index contributed by atoms with van der Waals surface area (Å²) in [6.07, 6.45) is 7.04. The lowest BCUT2D eigenvalue weighted by molar-refractivity contribution is -0.124. The Kier molecular flexibility index (Phi) is 5.29. The number of rotatable bonds is 4. The van der Waals surface area contributed by atoms with Crippen molar-refractivity contribution < 1.29 is 14.3 Å². The minimum Gasteiger partial charge on any atom is -0.496 e. The topological polar surface area (TPSA) is 74.4 Å². The number of likely N-dealkylation sites (tertiary alicyclic amines) is 1. The van der Waals surface area contributed by atoms with Gasteiger partial charge < -0.3 is 19.9 Å². The van der Waals surface area contributed by atoms with Gasteiger partial charge in [0, 0.05) is 24.5 Å². The van der Waals surface area contributed by atoms with Crippen molar-refractivity contribution in [3.05, 3.63) is 30.0 Å². The molecule has 2 amide bonds. The monoisotopic (exact) mass is 383 g/mol. The van der Waals surface area contributed by atoms with Gasteiger partial charge >= 0.3 is 0 Å². The van der Waals surface area contributed by atoms with Gasteiger partial charge in [-0.05, 0) is 36.5 Å². The summed E-state index contributed by atoms with van der Waals surface area (Å²) in [6, 6.07) is 7.16. The highest BCUT2D eigenvalue weighted by Crippen LogP contribution is 2.38. The maximum atomic E-state index is 13.3. The van der Waals surface area contributed by atoms with Crippen LogP contribution >= 0.6 is 0 Å². The number of hydrogen-bond acceptors (Lipinski definition) is 3. The Labute approximate surface area is 165 Å². The first-order valence-corrected chi connectivity index (χ1v) is 10.3. The predicted molar refractivity (Wildman–Crippen MR) is 108 cm³/mol. The summed E-state index contributed by atoms with van der Waals surface area (Å²) in [5.41, 5.74) is 1.37. The fraction of sp³-hybridized carbons (Fsp3) is 0.545. The molecule has 28 heavy (non-hydrogen) atoms. The van der Waals surface area contributed by atoms with E-state index in [4.69, 9.17) is 4.74 Å². The lowest BCUT2D eigenvalue weighted by atomic mass is 9.79. The van der Waals surface area contributed by atoms with Crippen molar-refractivity contribution in [2.24, 2.45) is 11.8 Å². The van der Waals surface area contributed by atoms with Crippen LogP contribution in [0.2, 0.25) is 0 Å². The van der Waals surface area contributed by atoms with Gasteiger partial charge in [-0.15, -0.1) is 0 Å². The van der Waals surface area contributed by atoms with Gasteiger partial charge in [-0.1, -0.05) is 38.2 Å². The fourth-order valence-corrected chi connectivity index (χ4v) is 5.03. The number of nitrogens with zero attached hydrogens (tertiary/aromatic N) is 1. The van der Waals surface area contributed by atoms with Crippen molar-refractivity contribution in [2.45, 2.75) is 44.6 Å². The van der Waals surface area contributed by atoms with Gasteiger partial charge in [0.05, 0.1) is 7.11 Å². The number of carbonyl (C=O) groups excluding carboxylic acids is 2. The molecule has 6 nitrogen and oxygen atoms in total. The minimum absolute atomic E-state index is 0.0691. The summed E-state index contributed by atoms with van der Waals surface area (Å²) in [4.78, 5) is 30.9. The van der Waals surface area contributed by atoms with Crippen molar-refractivity contribution in [2.75, 3.05) is 20.7 Å². The molecule has 1 saturated heterocycles. The van der Waals surface area contributed by atoms with Crippen LogP contribution in [0.5, 0.6) is 5.75 Å². The molecule has 1 aromatic heterocycles. The van der Waals surface area contributed by atoms with E-state index in [1.54, 1.807) is 19.1 Å². The van der Waals surface area contributed by atoms with E-state index in [1.807, 2.05) is 24.3 Å². The zero-order valence-electron chi connectivity index (χ0n) is 16.7. The Morgan fingerprint density at radius 2 is 1.96 bits per heavy atom. The molecule has 4 rings (SSSR count). The first-order chi connectivity index (χ1) is 13.6. The summed E-state index contributed by atoms with van der Waals surface area (Å²) >= 11 is 0. The third-order valence-electron chi connectivity index (χ3n) is 6.53. The molecule has 2 atom stereocenters. The number of hydrogen-bond donors (Lipinski definition) is 2. The van der Waals surface area contributed by atoms with Gasteiger partial charge in [0.2, 0.25) is 5.91 Å². The molecule has 0 spiro atoms. The zero-order valence-corrected chi connectivity index (χ0v) is 16.7. The molecule has 0 bridgehead atoms. The largest absolute Gasteiger partial charge is 0.496 e. The molecular formula is C22H29N3O3. The van der Waals surface area contributed by atoms with Crippen molar-refractivity contribution in [3.63, 3.8) is 0 Å². The van der Waals surface area contributed by atoms with E-state index in [1.165, 1.54) is 32.1 Å². The molecule has 2 aliphatic rings. The van der Waals surface area contributed by atoms with Crippen LogP contribution in [-0.4, -0.2) is 48.4 Å².